The third kappa shape index (κ3) is 13.8. The van der Waals surface area contributed by atoms with Crippen LogP contribution in [0.4, 0.5) is 105 Å². The molecule has 0 saturated heterocycles. The second-order valence-electron chi connectivity index (χ2n) is 17.5. The highest BCUT2D eigenvalue weighted by atomic mass is 19.4. The number of carbonyl (C=O) groups is 2. The molecule has 0 bridgehead atoms. The Morgan fingerprint density at radius 3 is 0.861 bits per heavy atom. The van der Waals surface area contributed by atoms with Crippen LogP contribution in [0.25, 0.3) is 10.8 Å². The molecule has 0 aliphatic rings. The average Bonchev–Trinajstić information content (AvgIpc) is 3.32. The first kappa shape index (κ1) is 60.7. The summed E-state index contributed by atoms with van der Waals surface area (Å²) in [5, 5.41) is 2.25. The van der Waals surface area contributed by atoms with E-state index in [2.05, 4.69) is 0 Å². The molecule has 0 atom stereocenters. The molecule has 6 aromatic carbocycles. The number of halogens is 24. The Morgan fingerprint density at radius 1 is 0.354 bits per heavy atom. The quantitative estimate of drug-likeness (QED) is 0.0658. The van der Waals surface area contributed by atoms with Crippen molar-refractivity contribution in [3.05, 3.63) is 195 Å². The maximum absolute atomic E-state index is 14.2. The minimum absolute atomic E-state index is 0.00269. The molecule has 3 nitrogen and oxygen atoms in total. The first-order valence-corrected chi connectivity index (χ1v) is 21.8. The van der Waals surface area contributed by atoms with Gasteiger partial charge in [-0.3, -0.25) is 9.59 Å². The molecular formula is C51H28BF24NO2. The lowest BCUT2D eigenvalue weighted by Crippen LogP contribution is -2.75. The fraction of sp³-hybridized carbons (Fsp3) is 0.196. The standard InChI is InChI=1S/C32H12BF24.C19H16NO2/c34-25(35,36)13-1-14(26(37,38)39)6-21(5-13)33(22-7-15(27(40,41)42)2-16(8-22)28(43,44)45,23-9-17(29(46,47)48)3-18(10-23)30(49,50)51)24-11-19(31(52,53)54)4-20(12-24)32(55,56)57;1-14(21)15-6-8-17(9-7-15)19(22)13-20-11-10-16-4-2-3-5-18(16)12-20/h1-12H;2-12H,13H2,1H3/q-1;+1. The van der Waals surface area contributed by atoms with Crippen LogP contribution in [0.5, 0.6) is 0 Å². The summed E-state index contributed by atoms with van der Waals surface area (Å²) in [6, 6.07) is 8.04. The van der Waals surface area contributed by atoms with Gasteiger partial charge in [-0.1, -0.05) is 91.0 Å². The van der Waals surface area contributed by atoms with Gasteiger partial charge in [0.2, 0.25) is 12.3 Å². The largest absolute Gasteiger partial charge is 0.416 e. The van der Waals surface area contributed by atoms with Crippen LogP contribution in [0.3, 0.4) is 0 Å². The van der Waals surface area contributed by atoms with Crippen molar-refractivity contribution in [2.24, 2.45) is 0 Å². The van der Waals surface area contributed by atoms with E-state index >= 15 is 0 Å². The Morgan fingerprint density at radius 2 is 0.608 bits per heavy atom. The maximum Gasteiger partial charge on any atom is 0.416 e. The highest BCUT2D eigenvalue weighted by Gasteiger charge is 2.47. The van der Waals surface area contributed by atoms with Gasteiger partial charge in [-0.05, 0) is 42.6 Å². The highest BCUT2D eigenvalue weighted by molar-refractivity contribution is 7.20. The molecule has 0 saturated carbocycles. The predicted octanol–water partition coefficient (Wildman–Crippen LogP) is 14.4. The molecule has 1 heterocycles. The Hall–Kier alpha value is -7.55. The lowest BCUT2D eigenvalue weighted by molar-refractivity contribution is -0.681. The number of carbonyl (C=O) groups excluding carboxylic acids is 2. The molecule has 79 heavy (non-hydrogen) atoms. The van der Waals surface area contributed by atoms with E-state index < -0.39 is 195 Å². The number of aromatic nitrogens is 1. The molecule has 0 unspecified atom stereocenters. The van der Waals surface area contributed by atoms with Crippen molar-refractivity contribution in [2.75, 3.05) is 0 Å². The number of pyridine rings is 1. The van der Waals surface area contributed by atoms with Gasteiger partial charge in [-0.25, -0.2) is 0 Å². The van der Waals surface area contributed by atoms with Crippen LogP contribution in [-0.2, 0) is 56.0 Å². The number of alkyl halides is 24. The summed E-state index contributed by atoms with van der Waals surface area (Å²) in [6.45, 7) is 1.80. The first-order valence-electron chi connectivity index (χ1n) is 21.8. The van der Waals surface area contributed by atoms with Gasteiger partial charge >= 0.3 is 49.4 Å². The molecule has 7 rings (SSSR count). The van der Waals surface area contributed by atoms with Crippen molar-refractivity contribution >= 4 is 50.3 Å². The summed E-state index contributed by atoms with van der Waals surface area (Å²) in [4.78, 5) is 23.6. The molecule has 0 N–H and O–H groups in total. The molecule has 0 amide bonds. The van der Waals surface area contributed by atoms with Crippen molar-refractivity contribution in [2.45, 2.75) is 62.9 Å². The number of rotatable bonds is 8. The van der Waals surface area contributed by atoms with Gasteiger partial charge in [-0.2, -0.15) is 132 Å². The highest BCUT2D eigenvalue weighted by Crippen LogP contribution is 2.41. The Kier molecular flexibility index (Phi) is 16.1. The van der Waals surface area contributed by atoms with Gasteiger partial charge < -0.3 is 0 Å². The first-order chi connectivity index (χ1) is 35.9. The van der Waals surface area contributed by atoms with Gasteiger partial charge in [0.05, 0.1) is 44.5 Å². The van der Waals surface area contributed by atoms with E-state index in [0.29, 0.717) is 11.1 Å². The molecule has 7 aromatic rings. The van der Waals surface area contributed by atoms with Crippen molar-refractivity contribution in [3.8, 4) is 0 Å². The topological polar surface area (TPSA) is 38.0 Å². The van der Waals surface area contributed by atoms with Crippen LogP contribution >= 0.6 is 0 Å². The summed E-state index contributed by atoms with van der Waals surface area (Å²) in [6.07, 6.45) is -50.9. The fourth-order valence-corrected chi connectivity index (χ4v) is 8.49. The van der Waals surface area contributed by atoms with Gasteiger partial charge in [0.15, 0.2) is 18.2 Å². The van der Waals surface area contributed by atoms with Crippen molar-refractivity contribution in [1.29, 1.82) is 0 Å². The molecule has 0 radical (unpaired) electrons. The molecule has 0 fully saturated rings. The van der Waals surface area contributed by atoms with Gasteiger partial charge in [0.25, 0.3) is 0 Å². The summed E-state index contributed by atoms with van der Waals surface area (Å²) in [5.74, 6) is 0.0262. The van der Waals surface area contributed by atoms with E-state index in [1.807, 2.05) is 47.3 Å². The fourth-order valence-electron chi connectivity index (χ4n) is 8.49. The number of nitrogens with zero attached hydrogens (tertiary/aromatic N) is 1. The van der Waals surface area contributed by atoms with Crippen molar-refractivity contribution in [1.82, 2.24) is 0 Å². The van der Waals surface area contributed by atoms with Crippen LogP contribution in [0.2, 0.25) is 0 Å². The van der Waals surface area contributed by atoms with E-state index in [1.165, 1.54) is 6.92 Å². The minimum atomic E-state index is -6.13. The zero-order valence-corrected chi connectivity index (χ0v) is 38.9. The summed E-state index contributed by atoms with van der Waals surface area (Å²) >= 11 is 0. The third-order valence-electron chi connectivity index (χ3n) is 12.1. The molecule has 0 spiro atoms. The van der Waals surface area contributed by atoms with E-state index in [4.69, 9.17) is 0 Å². The number of hydrogen-bond acceptors (Lipinski definition) is 2. The van der Waals surface area contributed by atoms with Crippen LogP contribution in [0.15, 0.2) is 140 Å². The minimum Gasteiger partial charge on any atom is -0.295 e. The number of fused-ring (bicyclic) bond motifs is 1. The second kappa shape index (κ2) is 20.9. The van der Waals surface area contributed by atoms with E-state index in [0.717, 1.165) is 10.8 Å². The molecule has 0 aliphatic carbocycles. The van der Waals surface area contributed by atoms with Gasteiger partial charge in [0.1, 0.15) is 6.15 Å². The van der Waals surface area contributed by atoms with Crippen molar-refractivity contribution in [3.63, 3.8) is 0 Å². The Bertz CT molecular complexity index is 2980. The molecule has 1 aromatic heterocycles. The number of benzene rings is 6. The number of hydrogen-bond donors (Lipinski definition) is 0. The van der Waals surface area contributed by atoms with Gasteiger partial charge in [0, 0.05) is 22.6 Å². The normalized spacial score (nSPS) is 13.3. The third-order valence-corrected chi connectivity index (χ3v) is 12.1. The average molecular weight is 1150 g/mol. The number of ketones is 2. The smallest absolute Gasteiger partial charge is 0.295 e. The summed E-state index contributed by atoms with van der Waals surface area (Å²) in [5.41, 5.74) is -29.0. The van der Waals surface area contributed by atoms with Crippen LogP contribution in [0, 0.1) is 0 Å². The zero-order valence-electron chi connectivity index (χ0n) is 38.9. The Balaban J connectivity index is 0.000000378. The van der Waals surface area contributed by atoms with Crippen LogP contribution in [-0.4, -0.2) is 17.7 Å². The van der Waals surface area contributed by atoms with E-state index in [-0.39, 0.29) is 18.1 Å². The second-order valence-corrected chi connectivity index (χ2v) is 17.5. The molecule has 420 valence electrons. The molecule has 0 aliphatic heterocycles. The number of Topliss-reactive ketones (excluding diaryl/α,β-unsaturated/α-hetero) is 2. The van der Waals surface area contributed by atoms with E-state index in [1.54, 1.807) is 24.3 Å². The summed E-state index contributed by atoms with van der Waals surface area (Å²) in [7, 11) is 0. The molecule has 28 heteroatoms. The maximum atomic E-state index is 14.2. The lowest BCUT2D eigenvalue weighted by atomic mass is 9.12. The van der Waals surface area contributed by atoms with Crippen molar-refractivity contribution < 1.29 is 120 Å². The Labute approximate surface area is 427 Å². The predicted molar refractivity (Wildman–Crippen MR) is 235 cm³/mol. The SMILES string of the molecule is CC(=O)c1ccc(C(=O)C[n+]2ccc3ccccc3c2)cc1.FC(F)(F)c1cc([B-](c2cc(C(F)(F)F)cc(C(F)(F)F)c2)(c2cc(C(F)(F)F)cc(C(F)(F)F)c2)c2cc(C(F)(F)F)cc(C(F)(F)F)c2)cc(C(F)(F)F)c1. The van der Waals surface area contributed by atoms with Gasteiger partial charge in [-0.15, -0.1) is 0 Å². The zero-order chi connectivity index (χ0) is 59.4. The molecular weight excluding hydrogens is 1130 g/mol. The van der Waals surface area contributed by atoms with E-state index in [9.17, 15) is 115 Å². The monoisotopic (exact) mass is 1150 g/mol. The summed E-state index contributed by atoms with van der Waals surface area (Å²) < 4.78 is 343. The lowest BCUT2D eigenvalue weighted by Gasteiger charge is -2.46. The van der Waals surface area contributed by atoms with Crippen LogP contribution in [0.1, 0.15) is 72.1 Å². The van der Waals surface area contributed by atoms with Crippen LogP contribution < -0.4 is 26.4 Å².